The molecule has 0 fully saturated rings. The van der Waals surface area contributed by atoms with Crippen molar-refractivity contribution in [3.05, 3.63) is 12.2 Å². The summed E-state index contributed by atoms with van der Waals surface area (Å²) in [6.45, 7) is 9.89. The highest BCUT2D eigenvalue weighted by atomic mass is 16.1. The summed E-state index contributed by atoms with van der Waals surface area (Å²) >= 11 is 0. The van der Waals surface area contributed by atoms with Gasteiger partial charge in [0.1, 0.15) is 6.54 Å². The predicted molar refractivity (Wildman–Crippen MR) is 136 cm³/mol. The van der Waals surface area contributed by atoms with E-state index in [1.54, 1.807) is 6.92 Å². The first kappa shape index (κ1) is 27.9. The molecule has 0 saturated carbocycles. The van der Waals surface area contributed by atoms with Crippen molar-refractivity contribution >= 4 is 12.1 Å². The highest BCUT2D eigenvalue weighted by Crippen LogP contribution is 2.22. The van der Waals surface area contributed by atoms with Crippen molar-refractivity contribution < 1.29 is 9.28 Å². The van der Waals surface area contributed by atoms with E-state index in [-0.39, 0.29) is 5.91 Å². The van der Waals surface area contributed by atoms with E-state index in [9.17, 15) is 4.79 Å². The fourth-order valence-corrected chi connectivity index (χ4v) is 4.69. The molecule has 4 heteroatoms. The third-order valence-electron chi connectivity index (χ3n) is 6.90. The second-order valence-corrected chi connectivity index (χ2v) is 9.47. The van der Waals surface area contributed by atoms with Gasteiger partial charge < -0.3 is 5.32 Å². The van der Waals surface area contributed by atoms with Crippen molar-refractivity contribution in [2.75, 3.05) is 26.2 Å². The summed E-state index contributed by atoms with van der Waals surface area (Å²) in [5.41, 5.74) is 0. The first-order valence-corrected chi connectivity index (χ1v) is 13.4. The van der Waals surface area contributed by atoms with Gasteiger partial charge in [0.15, 0.2) is 6.17 Å². The Morgan fingerprint density at radius 1 is 0.935 bits per heavy atom. The lowest BCUT2D eigenvalue weighted by Gasteiger charge is -2.37. The average Bonchev–Trinajstić information content (AvgIpc) is 3.16. The number of likely N-dealkylation sites (N-methyl/N-ethyl adjacent to an activating group) is 1. The summed E-state index contributed by atoms with van der Waals surface area (Å²) in [7, 11) is 0. The minimum absolute atomic E-state index is 0.0589. The molecule has 0 aromatic carbocycles. The van der Waals surface area contributed by atoms with E-state index >= 15 is 0 Å². The smallest absolute Gasteiger partial charge is 0.217 e. The summed E-state index contributed by atoms with van der Waals surface area (Å²) in [6, 6.07) is 0. The molecule has 0 bridgehead atoms. The summed E-state index contributed by atoms with van der Waals surface area (Å²) in [6.07, 6.45) is 27.7. The number of carbonyl (C=O) groups is 1. The molecule has 1 aliphatic heterocycles. The number of allylic oxidation sites excluding steroid dienone is 1. The molecule has 0 aromatic heterocycles. The van der Waals surface area contributed by atoms with Crippen LogP contribution < -0.4 is 5.32 Å². The van der Waals surface area contributed by atoms with Gasteiger partial charge in [-0.25, -0.2) is 4.99 Å². The van der Waals surface area contributed by atoms with E-state index in [0.717, 1.165) is 37.1 Å². The van der Waals surface area contributed by atoms with Crippen LogP contribution in [0.1, 0.15) is 117 Å². The lowest BCUT2D eigenvalue weighted by molar-refractivity contribution is -0.934. The van der Waals surface area contributed by atoms with Gasteiger partial charge in [0.25, 0.3) is 0 Å². The third kappa shape index (κ3) is 13.1. The van der Waals surface area contributed by atoms with Crippen molar-refractivity contribution in [2.24, 2.45) is 4.99 Å². The maximum Gasteiger partial charge on any atom is 0.217 e. The van der Waals surface area contributed by atoms with E-state index in [2.05, 4.69) is 37.5 Å². The Hall–Kier alpha value is -1.16. The van der Waals surface area contributed by atoms with Crippen molar-refractivity contribution in [3.63, 3.8) is 0 Å². The fourth-order valence-electron chi connectivity index (χ4n) is 4.69. The molecule has 0 aliphatic carbocycles. The molecule has 1 N–H and O–H groups in total. The molecule has 1 aliphatic rings. The lowest BCUT2D eigenvalue weighted by Crippen LogP contribution is -2.55. The van der Waals surface area contributed by atoms with Crippen LogP contribution in [0.5, 0.6) is 0 Å². The molecule has 0 saturated heterocycles. The molecular weight excluding hydrogens is 382 g/mol. The SMILES string of the molecule is CCCCCCCCCCCCCCC/C=C/CC1N=CC[N+]1(CC)CCNC(C)=O. The molecule has 4 nitrogen and oxygen atoms in total. The number of amides is 1. The largest absolute Gasteiger partial charge is 0.351 e. The van der Waals surface area contributed by atoms with Gasteiger partial charge in [-0.15, -0.1) is 0 Å². The maximum absolute atomic E-state index is 11.2. The van der Waals surface area contributed by atoms with Gasteiger partial charge >= 0.3 is 0 Å². The molecule has 0 radical (unpaired) electrons. The number of nitrogens with zero attached hydrogens (tertiary/aromatic N) is 2. The van der Waals surface area contributed by atoms with Crippen molar-refractivity contribution in [2.45, 2.75) is 123 Å². The second kappa shape index (κ2) is 18.4. The Bertz CT molecular complexity index is 503. The van der Waals surface area contributed by atoms with Crippen molar-refractivity contribution in [1.29, 1.82) is 0 Å². The van der Waals surface area contributed by atoms with E-state index in [0.29, 0.717) is 6.17 Å². The van der Waals surface area contributed by atoms with E-state index in [1.807, 2.05) is 0 Å². The predicted octanol–water partition coefficient (Wildman–Crippen LogP) is 6.80. The molecule has 0 aromatic rings. The van der Waals surface area contributed by atoms with Gasteiger partial charge in [-0.1, -0.05) is 96.1 Å². The molecule has 1 rings (SSSR count). The van der Waals surface area contributed by atoms with Crippen molar-refractivity contribution in [3.8, 4) is 0 Å². The number of quaternary nitrogens is 1. The number of carbonyl (C=O) groups excluding carboxylic acids is 1. The molecule has 2 atom stereocenters. The Labute approximate surface area is 193 Å². The molecule has 180 valence electrons. The maximum atomic E-state index is 11.2. The molecule has 31 heavy (non-hydrogen) atoms. The number of aliphatic imine (C=N–C) groups is 1. The first-order chi connectivity index (χ1) is 15.1. The Balaban J connectivity index is 2.00. The summed E-state index contributed by atoms with van der Waals surface area (Å²) < 4.78 is 0.976. The van der Waals surface area contributed by atoms with Gasteiger partial charge in [-0.05, 0) is 19.8 Å². The van der Waals surface area contributed by atoms with Crippen LogP contribution in [0.25, 0.3) is 0 Å². The van der Waals surface area contributed by atoms with Crippen LogP contribution in [0.15, 0.2) is 17.1 Å². The second-order valence-electron chi connectivity index (χ2n) is 9.47. The summed E-state index contributed by atoms with van der Waals surface area (Å²) in [5, 5.41) is 2.95. The van der Waals surface area contributed by atoms with Crippen LogP contribution in [-0.2, 0) is 4.79 Å². The van der Waals surface area contributed by atoms with Crippen molar-refractivity contribution in [1.82, 2.24) is 5.32 Å². The summed E-state index contributed by atoms with van der Waals surface area (Å²) in [5.74, 6) is 0.0589. The number of nitrogens with one attached hydrogen (secondary N) is 1. The summed E-state index contributed by atoms with van der Waals surface area (Å²) in [4.78, 5) is 15.9. The van der Waals surface area contributed by atoms with Gasteiger partial charge in [0.05, 0.1) is 25.8 Å². The Morgan fingerprint density at radius 2 is 1.52 bits per heavy atom. The van der Waals surface area contributed by atoms with Gasteiger partial charge in [-0.3, -0.25) is 9.28 Å². The van der Waals surface area contributed by atoms with Gasteiger partial charge in [-0.2, -0.15) is 0 Å². The van der Waals surface area contributed by atoms with E-state index in [1.165, 1.54) is 89.9 Å². The molecular formula is C27H52N3O+. The number of rotatable bonds is 20. The molecule has 1 amide bonds. The Morgan fingerprint density at radius 3 is 2.06 bits per heavy atom. The minimum Gasteiger partial charge on any atom is -0.351 e. The molecule has 0 spiro atoms. The van der Waals surface area contributed by atoms with Crippen LogP contribution in [0.2, 0.25) is 0 Å². The minimum atomic E-state index is 0.0589. The zero-order chi connectivity index (χ0) is 22.6. The standard InChI is InChI=1S/C27H51N3O/c1-4-6-7-8-9-10-11-12-13-14-15-16-17-18-19-20-21-27-29-23-25-30(27,5-2)24-22-28-26(3)31/h19-20,23,27H,4-18,21-22,24-25H2,1-3H3/p+1/b20-19+. The lowest BCUT2D eigenvalue weighted by atomic mass is 10.0. The molecule has 2 unspecified atom stereocenters. The van der Waals surface area contributed by atoms with Gasteiger partial charge in [0, 0.05) is 13.3 Å². The number of unbranched alkanes of at least 4 members (excludes halogenated alkanes) is 13. The third-order valence-corrected chi connectivity index (χ3v) is 6.90. The Kier molecular flexibility index (Phi) is 16.6. The highest BCUT2D eigenvalue weighted by Gasteiger charge is 2.36. The zero-order valence-electron chi connectivity index (χ0n) is 21.0. The number of hydrogen-bond donors (Lipinski definition) is 1. The number of hydrogen-bond acceptors (Lipinski definition) is 2. The van der Waals surface area contributed by atoms with Crippen LogP contribution in [0.4, 0.5) is 0 Å². The fraction of sp³-hybridized carbons (Fsp3) is 0.852. The normalized spacial score (nSPS) is 20.7. The van der Waals surface area contributed by atoms with E-state index < -0.39 is 0 Å². The zero-order valence-corrected chi connectivity index (χ0v) is 21.0. The van der Waals surface area contributed by atoms with Crippen LogP contribution in [-0.4, -0.2) is 48.9 Å². The van der Waals surface area contributed by atoms with Crippen LogP contribution >= 0.6 is 0 Å². The highest BCUT2D eigenvalue weighted by molar-refractivity contribution is 5.72. The van der Waals surface area contributed by atoms with Crippen LogP contribution in [0.3, 0.4) is 0 Å². The average molecular weight is 435 g/mol. The monoisotopic (exact) mass is 434 g/mol. The van der Waals surface area contributed by atoms with Crippen LogP contribution in [0, 0.1) is 0 Å². The first-order valence-electron chi connectivity index (χ1n) is 13.4. The van der Waals surface area contributed by atoms with Gasteiger partial charge in [0.2, 0.25) is 5.91 Å². The quantitative estimate of drug-likeness (QED) is 0.128. The molecule has 1 heterocycles. The van der Waals surface area contributed by atoms with E-state index in [4.69, 9.17) is 4.99 Å². The topological polar surface area (TPSA) is 41.5 Å².